The number of hydrogen-bond acceptors (Lipinski definition) is 5. The summed E-state index contributed by atoms with van der Waals surface area (Å²) < 4.78 is 7.65. The van der Waals surface area contributed by atoms with Crippen molar-refractivity contribution in [2.75, 3.05) is 32.8 Å². The van der Waals surface area contributed by atoms with Gasteiger partial charge < -0.3 is 9.84 Å². The molecule has 160 valence electrons. The minimum absolute atomic E-state index is 0.226. The van der Waals surface area contributed by atoms with Crippen LogP contribution in [0.3, 0.4) is 0 Å². The van der Waals surface area contributed by atoms with Crippen LogP contribution in [0.1, 0.15) is 42.8 Å². The summed E-state index contributed by atoms with van der Waals surface area (Å²) in [6.07, 6.45) is 0.805. The predicted octanol–water partition coefficient (Wildman–Crippen LogP) is 2.99. The van der Waals surface area contributed by atoms with Crippen molar-refractivity contribution in [3.63, 3.8) is 0 Å². The first-order valence-corrected chi connectivity index (χ1v) is 10.9. The van der Waals surface area contributed by atoms with Crippen LogP contribution in [0.2, 0.25) is 0 Å². The molecule has 1 atom stereocenters. The van der Waals surface area contributed by atoms with E-state index in [1.807, 2.05) is 19.1 Å². The Kier molecular flexibility index (Phi) is 7.70. The number of aliphatic hydroxyl groups is 1. The molecule has 0 radical (unpaired) electrons. The first-order valence-electron chi connectivity index (χ1n) is 10.9. The summed E-state index contributed by atoms with van der Waals surface area (Å²) in [6, 6.07) is 8.76. The van der Waals surface area contributed by atoms with Crippen molar-refractivity contribution < 1.29 is 9.84 Å². The van der Waals surface area contributed by atoms with Gasteiger partial charge in [-0.05, 0) is 51.8 Å². The Bertz CT molecular complexity index is 772. The third-order valence-corrected chi connectivity index (χ3v) is 5.98. The third kappa shape index (κ3) is 5.38. The van der Waals surface area contributed by atoms with Gasteiger partial charge in [0.2, 0.25) is 0 Å². The molecule has 1 N–H and O–H groups in total. The van der Waals surface area contributed by atoms with Crippen LogP contribution in [0.15, 0.2) is 24.3 Å². The van der Waals surface area contributed by atoms with Gasteiger partial charge in [-0.25, -0.2) is 0 Å². The average Bonchev–Trinajstić information content (AvgIpc) is 2.99. The van der Waals surface area contributed by atoms with Crippen LogP contribution in [-0.4, -0.2) is 63.6 Å². The number of ether oxygens (including phenoxy) is 1. The minimum atomic E-state index is 0.226. The number of hydrogen-bond donors (Lipinski definition) is 1. The minimum Gasteiger partial charge on any atom is -0.494 e. The van der Waals surface area contributed by atoms with Crippen molar-refractivity contribution in [3.8, 4) is 5.75 Å². The lowest BCUT2D eigenvalue weighted by Gasteiger charge is -2.41. The molecule has 0 unspecified atom stereocenters. The monoisotopic (exact) mass is 400 g/mol. The third-order valence-electron chi connectivity index (χ3n) is 5.98. The molecule has 6 nitrogen and oxygen atoms in total. The fraction of sp³-hybridized carbons (Fsp3) is 0.609. The number of benzene rings is 1. The fourth-order valence-electron chi connectivity index (χ4n) is 4.32. The van der Waals surface area contributed by atoms with Crippen molar-refractivity contribution >= 4 is 0 Å². The van der Waals surface area contributed by atoms with E-state index in [1.165, 1.54) is 16.8 Å². The molecule has 1 aliphatic rings. The quantitative estimate of drug-likeness (QED) is 0.701. The number of nitrogens with zero attached hydrogens (tertiary/aromatic N) is 4. The van der Waals surface area contributed by atoms with E-state index in [1.54, 1.807) is 0 Å². The van der Waals surface area contributed by atoms with E-state index in [9.17, 15) is 5.11 Å². The average molecular weight is 401 g/mol. The van der Waals surface area contributed by atoms with E-state index < -0.39 is 0 Å². The second-order valence-corrected chi connectivity index (χ2v) is 7.91. The first kappa shape index (κ1) is 21.8. The SMILES string of the molecule is CCOc1ccc(CN2CCN(Cc3c(C)nn(CC)c3C)C[C@H]2CCO)cc1. The second-order valence-electron chi connectivity index (χ2n) is 7.91. The number of piperazine rings is 1. The summed E-state index contributed by atoms with van der Waals surface area (Å²) in [5, 5.41) is 14.3. The lowest BCUT2D eigenvalue weighted by atomic mass is 10.1. The molecule has 0 amide bonds. The molecule has 0 spiro atoms. The summed E-state index contributed by atoms with van der Waals surface area (Å²) in [5.41, 5.74) is 5.07. The van der Waals surface area contributed by atoms with Gasteiger partial charge in [0.15, 0.2) is 0 Å². The van der Waals surface area contributed by atoms with Gasteiger partial charge in [0.1, 0.15) is 5.75 Å². The number of aryl methyl sites for hydroxylation is 2. The molecule has 1 fully saturated rings. The molecular weight excluding hydrogens is 364 g/mol. The molecule has 3 rings (SSSR count). The number of rotatable bonds is 9. The molecule has 1 aliphatic heterocycles. The van der Waals surface area contributed by atoms with Crippen LogP contribution < -0.4 is 4.74 Å². The van der Waals surface area contributed by atoms with Gasteiger partial charge in [-0.2, -0.15) is 5.10 Å². The standard InChI is InChI=1S/C23H36N4O2/c1-5-27-19(4)23(18(3)24-27)17-25-12-13-26(21(16-25)11-14-28)15-20-7-9-22(10-8-20)29-6-2/h7-10,21,28H,5-6,11-17H2,1-4H3/t21-/m1/s1. The highest BCUT2D eigenvalue weighted by Crippen LogP contribution is 2.22. The van der Waals surface area contributed by atoms with Crippen LogP contribution in [0.4, 0.5) is 0 Å². The maximum absolute atomic E-state index is 9.62. The van der Waals surface area contributed by atoms with Crippen LogP contribution in [-0.2, 0) is 19.6 Å². The van der Waals surface area contributed by atoms with Gasteiger partial charge in [-0.3, -0.25) is 14.5 Å². The molecule has 0 bridgehead atoms. The van der Waals surface area contributed by atoms with Gasteiger partial charge in [-0.1, -0.05) is 12.1 Å². The highest BCUT2D eigenvalue weighted by molar-refractivity contribution is 5.27. The zero-order valence-corrected chi connectivity index (χ0v) is 18.4. The molecule has 1 aromatic carbocycles. The molecule has 1 aromatic heterocycles. The molecule has 2 heterocycles. The Morgan fingerprint density at radius 2 is 1.86 bits per heavy atom. The fourth-order valence-corrected chi connectivity index (χ4v) is 4.32. The number of aromatic nitrogens is 2. The summed E-state index contributed by atoms with van der Waals surface area (Å²) in [6.45, 7) is 15.1. The first-order chi connectivity index (χ1) is 14.0. The topological polar surface area (TPSA) is 53.8 Å². The smallest absolute Gasteiger partial charge is 0.119 e. The van der Waals surface area contributed by atoms with Crippen LogP contribution in [0.25, 0.3) is 0 Å². The summed E-state index contributed by atoms with van der Waals surface area (Å²) in [7, 11) is 0. The number of aliphatic hydroxyl groups excluding tert-OH is 1. The Morgan fingerprint density at radius 3 is 2.48 bits per heavy atom. The van der Waals surface area contributed by atoms with Gasteiger partial charge in [0.05, 0.1) is 12.3 Å². The molecule has 1 saturated heterocycles. The van der Waals surface area contributed by atoms with E-state index in [-0.39, 0.29) is 6.61 Å². The summed E-state index contributed by atoms with van der Waals surface area (Å²) in [5.74, 6) is 0.923. The summed E-state index contributed by atoms with van der Waals surface area (Å²) in [4.78, 5) is 5.03. The van der Waals surface area contributed by atoms with Crippen molar-refractivity contribution in [2.24, 2.45) is 0 Å². The maximum atomic E-state index is 9.62. The van der Waals surface area contributed by atoms with Crippen LogP contribution in [0, 0.1) is 13.8 Å². The van der Waals surface area contributed by atoms with Crippen molar-refractivity contribution in [1.29, 1.82) is 0 Å². The van der Waals surface area contributed by atoms with Gasteiger partial charge in [0, 0.05) is 63.2 Å². The van der Waals surface area contributed by atoms with E-state index in [0.29, 0.717) is 12.6 Å². The Balaban J connectivity index is 1.64. The van der Waals surface area contributed by atoms with E-state index in [2.05, 4.69) is 52.5 Å². The highest BCUT2D eigenvalue weighted by Gasteiger charge is 2.27. The van der Waals surface area contributed by atoms with Crippen molar-refractivity contribution in [1.82, 2.24) is 19.6 Å². The van der Waals surface area contributed by atoms with E-state index >= 15 is 0 Å². The van der Waals surface area contributed by atoms with Crippen molar-refractivity contribution in [2.45, 2.75) is 59.8 Å². The Labute approximate surface area is 175 Å². The highest BCUT2D eigenvalue weighted by atomic mass is 16.5. The summed E-state index contributed by atoms with van der Waals surface area (Å²) >= 11 is 0. The molecule has 6 heteroatoms. The zero-order valence-electron chi connectivity index (χ0n) is 18.4. The Morgan fingerprint density at radius 1 is 1.10 bits per heavy atom. The van der Waals surface area contributed by atoms with Gasteiger partial charge >= 0.3 is 0 Å². The lowest BCUT2D eigenvalue weighted by Crippen LogP contribution is -2.52. The predicted molar refractivity (Wildman–Crippen MR) is 116 cm³/mol. The second kappa shape index (κ2) is 10.2. The van der Waals surface area contributed by atoms with Crippen LogP contribution in [0.5, 0.6) is 5.75 Å². The Hall–Kier alpha value is -1.89. The van der Waals surface area contributed by atoms with E-state index in [4.69, 9.17) is 4.74 Å². The van der Waals surface area contributed by atoms with Gasteiger partial charge in [-0.15, -0.1) is 0 Å². The van der Waals surface area contributed by atoms with Gasteiger partial charge in [0.25, 0.3) is 0 Å². The molecule has 2 aromatic rings. The zero-order chi connectivity index (χ0) is 20.8. The maximum Gasteiger partial charge on any atom is 0.119 e. The molecule has 29 heavy (non-hydrogen) atoms. The van der Waals surface area contributed by atoms with E-state index in [0.717, 1.165) is 57.1 Å². The molecular formula is C23H36N4O2. The van der Waals surface area contributed by atoms with Crippen molar-refractivity contribution in [3.05, 3.63) is 46.8 Å². The molecule has 0 saturated carbocycles. The van der Waals surface area contributed by atoms with Crippen LogP contribution >= 0.6 is 0 Å². The lowest BCUT2D eigenvalue weighted by molar-refractivity contribution is 0.0498. The largest absolute Gasteiger partial charge is 0.494 e. The normalized spacial score (nSPS) is 18.3. The molecule has 0 aliphatic carbocycles.